The normalized spacial score (nSPS) is 12.6. The number of nitrogens with one attached hydrogen (secondary N) is 1. The molecule has 0 aliphatic heterocycles. The molecule has 0 amide bonds. The van der Waals surface area contributed by atoms with E-state index < -0.39 is 16.9 Å². The largest absolute Gasteiger partial charge is 0.480 e. The first kappa shape index (κ1) is 14.3. The van der Waals surface area contributed by atoms with Gasteiger partial charge >= 0.3 is 5.97 Å². The van der Waals surface area contributed by atoms with Crippen LogP contribution < -0.4 is 5.73 Å². The third kappa shape index (κ3) is 2.33. The number of aromatic amines is 1. The fourth-order valence-electron chi connectivity index (χ4n) is 2.16. The molecule has 1 aromatic carbocycles. The molecule has 0 aliphatic rings. The number of benzene rings is 1. The third-order valence-electron chi connectivity index (χ3n) is 3.14. The lowest BCUT2D eigenvalue weighted by Gasteiger charge is -2.06. The lowest BCUT2D eigenvalue weighted by molar-refractivity contribution is -0.383. The van der Waals surface area contributed by atoms with E-state index in [1.54, 1.807) is 6.92 Å². The van der Waals surface area contributed by atoms with Crippen LogP contribution in [0.15, 0.2) is 12.1 Å². The zero-order valence-electron chi connectivity index (χ0n) is 10.5. The minimum absolute atomic E-state index is 0.0116. The summed E-state index contributed by atoms with van der Waals surface area (Å²) >= 11 is 6.02. The molecule has 0 spiro atoms. The van der Waals surface area contributed by atoms with E-state index in [1.807, 2.05) is 0 Å². The molecule has 0 fully saturated rings. The van der Waals surface area contributed by atoms with Gasteiger partial charge in [-0.25, -0.2) is 0 Å². The molecule has 0 radical (unpaired) electrons. The van der Waals surface area contributed by atoms with E-state index in [0.29, 0.717) is 27.2 Å². The zero-order chi connectivity index (χ0) is 15.0. The van der Waals surface area contributed by atoms with Crippen molar-refractivity contribution in [2.75, 3.05) is 0 Å². The monoisotopic (exact) mass is 297 g/mol. The number of hydrogen-bond donors (Lipinski definition) is 3. The summed E-state index contributed by atoms with van der Waals surface area (Å²) in [6.45, 7) is 1.70. The van der Waals surface area contributed by atoms with Crippen LogP contribution in [0, 0.1) is 17.0 Å². The number of H-pyrrole nitrogens is 1. The van der Waals surface area contributed by atoms with Crippen molar-refractivity contribution >= 4 is 34.2 Å². The number of carboxylic acid groups (broad SMARTS) is 1. The van der Waals surface area contributed by atoms with Crippen LogP contribution in [0.5, 0.6) is 0 Å². The highest BCUT2D eigenvalue weighted by molar-refractivity contribution is 6.35. The Morgan fingerprint density at radius 3 is 2.80 bits per heavy atom. The van der Waals surface area contributed by atoms with Crippen LogP contribution in [0.25, 0.3) is 10.9 Å². The van der Waals surface area contributed by atoms with Gasteiger partial charge in [0.1, 0.15) is 6.04 Å². The number of rotatable bonds is 4. The van der Waals surface area contributed by atoms with Gasteiger partial charge in [0.05, 0.1) is 20.8 Å². The second-order valence-corrected chi connectivity index (χ2v) is 4.86. The lowest BCUT2D eigenvalue weighted by atomic mass is 10.0. The van der Waals surface area contributed by atoms with E-state index in [4.69, 9.17) is 22.4 Å². The smallest absolute Gasteiger partial charge is 0.320 e. The summed E-state index contributed by atoms with van der Waals surface area (Å²) in [4.78, 5) is 24.4. The van der Waals surface area contributed by atoms with Crippen LogP contribution in [0.1, 0.15) is 11.3 Å². The van der Waals surface area contributed by atoms with Gasteiger partial charge in [0.2, 0.25) is 0 Å². The van der Waals surface area contributed by atoms with Gasteiger partial charge in [0.25, 0.3) is 5.69 Å². The predicted octanol–water partition coefficient (Wildman–Crippen LogP) is 1.99. The highest BCUT2D eigenvalue weighted by atomic mass is 35.5. The summed E-state index contributed by atoms with van der Waals surface area (Å²) in [5.41, 5.74) is 6.94. The molecule has 1 aromatic heterocycles. The van der Waals surface area contributed by atoms with Gasteiger partial charge in [-0.05, 0) is 18.6 Å². The highest BCUT2D eigenvalue weighted by Gasteiger charge is 2.24. The summed E-state index contributed by atoms with van der Waals surface area (Å²) in [7, 11) is 0. The van der Waals surface area contributed by atoms with Crippen molar-refractivity contribution in [2.45, 2.75) is 19.4 Å². The van der Waals surface area contributed by atoms with Crippen molar-refractivity contribution < 1.29 is 14.8 Å². The summed E-state index contributed by atoms with van der Waals surface area (Å²) < 4.78 is 0. The molecule has 0 saturated carbocycles. The molecule has 0 bridgehead atoms. The molecule has 1 heterocycles. The van der Waals surface area contributed by atoms with Crippen molar-refractivity contribution in [3.05, 3.63) is 38.5 Å². The Morgan fingerprint density at radius 1 is 1.60 bits per heavy atom. The van der Waals surface area contributed by atoms with E-state index in [2.05, 4.69) is 4.98 Å². The Bertz CT molecular complexity index is 710. The second kappa shape index (κ2) is 5.10. The first-order valence-electron chi connectivity index (χ1n) is 5.75. The fraction of sp³-hybridized carbons (Fsp3) is 0.250. The molecule has 2 rings (SSSR count). The average Bonchev–Trinajstić information content (AvgIpc) is 2.68. The molecular formula is C12H12ClN3O4. The number of nitrogens with two attached hydrogens (primary N) is 1. The van der Waals surface area contributed by atoms with Crippen molar-refractivity contribution in [1.82, 2.24) is 4.98 Å². The van der Waals surface area contributed by atoms with Crippen molar-refractivity contribution in [1.29, 1.82) is 0 Å². The molecule has 2 aromatic rings. The van der Waals surface area contributed by atoms with Crippen LogP contribution in [0.4, 0.5) is 5.69 Å². The van der Waals surface area contributed by atoms with Gasteiger partial charge in [0.15, 0.2) is 0 Å². The number of aryl methyl sites for hydroxylation is 1. The second-order valence-electron chi connectivity index (χ2n) is 4.45. The maximum Gasteiger partial charge on any atom is 0.320 e. The summed E-state index contributed by atoms with van der Waals surface area (Å²) in [6.07, 6.45) is -0.0116. The van der Waals surface area contributed by atoms with Crippen molar-refractivity contribution in [2.24, 2.45) is 5.73 Å². The number of halogens is 1. The summed E-state index contributed by atoms with van der Waals surface area (Å²) in [5, 5.41) is 20.6. The van der Waals surface area contributed by atoms with Gasteiger partial charge in [0, 0.05) is 18.2 Å². The fourth-order valence-corrected chi connectivity index (χ4v) is 2.36. The van der Waals surface area contributed by atoms with Gasteiger partial charge in [-0.1, -0.05) is 11.6 Å². The number of non-ortho nitro benzene ring substituents is 1. The van der Waals surface area contributed by atoms with Gasteiger partial charge < -0.3 is 15.8 Å². The molecular weight excluding hydrogens is 286 g/mol. The minimum Gasteiger partial charge on any atom is -0.480 e. The Morgan fingerprint density at radius 2 is 2.25 bits per heavy atom. The van der Waals surface area contributed by atoms with Crippen LogP contribution >= 0.6 is 11.6 Å². The number of nitro groups is 1. The van der Waals surface area contributed by atoms with Crippen LogP contribution in [0.2, 0.25) is 5.02 Å². The Kier molecular flexibility index (Phi) is 3.65. The molecule has 0 saturated heterocycles. The average molecular weight is 298 g/mol. The molecule has 0 aliphatic carbocycles. The molecule has 1 unspecified atom stereocenters. The number of aliphatic carboxylic acids is 1. The Balaban J connectivity index is 2.70. The Hall–Kier alpha value is -2.12. The molecule has 8 heteroatoms. The predicted molar refractivity (Wildman–Crippen MR) is 74.0 cm³/mol. The molecule has 7 nitrogen and oxygen atoms in total. The number of fused-ring (bicyclic) bond motifs is 1. The first-order chi connectivity index (χ1) is 9.32. The number of carbonyl (C=O) groups is 1. The number of nitro benzene ring substituents is 1. The SMILES string of the molecule is Cc1[nH]c2c(Cl)ccc([N+](=O)[O-])c2c1CC(N)C(=O)O. The topological polar surface area (TPSA) is 122 Å². The van der Waals surface area contributed by atoms with Crippen LogP contribution in [-0.2, 0) is 11.2 Å². The maximum absolute atomic E-state index is 11.1. The molecule has 106 valence electrons. The van der Waals surface area contributed by atoms with Crippen LogP contribution in [-0.4, -0.2) is 27.0 Å². The molecule has 1 atom stereocenters. The maximum atomic E-state index is 11.1. The van der Waals surface area contributed by atoms with E-state index in [9.17, 15) is 14.9 Å². The summed E-state index contributed by atoms with van der Waals surface area (Å²) in [6, 6.07) is 1.60. The number of carboxylic acids is 1. The third-order valence-corrected chi connectivity index (χ3v) is 3.45. The van der Waals surface area contributed by atoms with Gasteiger partial charge in [-0.2, -0.15) is 0 Å². The molecule has 20 heavy (non-hydrogen) atoms. The molecule has 4 N–H and O–H groups in total. The number of nitrogens with zero attached hydrogens (tertiary/aromatic N) is 1. The van der Waals surface area contributed by atoms with E-state index >= 15 is 0 Å². The standard InChI is InChI=1S/C12H12ClN3O4/c1-5-6(4-8(14)12(17)18)10-9(16(19)20)3-2-7(13)11(10)15-5/h2-3,8,15H,4,14H2,1H3,(H,17,18). The Labute approximate surface area is 118 Å². The highest BCUT2D eigenvalue weighted by Crippen LogP contribution is 2.35. The van der Waals surface area contributed by atoms with E-state index in [0.717, 1.165) is 0 Å². The summed E-state index contributed by atoms with van der Waals surface area (Å²) in [5.74, 6) is -1.16. The van der Waals surface area contributed by atoms with Crippen molar-refractivity contribution in [3.63, 3.8) is 0 Å². The number of hydrogen-bond acceptors (Lipinski definition) is 4. The first-order valence-corrected chi connectivity index (χ1v) is 6.13. The van der Waals surface area contributed by atoms with Crippen molar-refractivity contribution in [3.8, 4) is 0 Å². The number of aromatic nitrogens is 1. The minimum atomic E-state index is -1.16. The van der Waals surface area contributed by atoms with Gasteiger partial charge in [-0.15, -0.1) is 0 Å². The van der Waals surface area contributed by atoms with E-state index in [-0.39, 0.29) is 12.1 Å². The van der Waals surface area contributed by atoms with Crippen LogP contribution in [0.3, 0.4) is 0 Å². The zero-order valence-corrected chi connectivity index (χ0v) is 11.3. The lowest BCUT2D eigenvalue weighted by Crippen LogP contribution is -2.32. The quantitative estimate of drug-likeness (QED) is 0.588. The van der Waals surface area contributed by atoms with E-state index in [1.165, 1.54) is 12.1 Å². The van der Waals surface area contributed by atoms with Gasteiger partial charge in [-0.3, -0.25) is 14.9 Å².